The van der Waals surface area contributed by atoms with Crippen molar-refractivity contribution < 1.29 is 0 Å². The second kappa shape index (κ2) is 6.86. The normalized spacial score (nSPS) is 16.4. The molecule has 1 saturated carbocycles. The number of hydrogen-bond donors (Lipinski definition) is 1. The van der Waals surface area contributed by atoms with Crippen LogP contribution in [0.2, 0.25) is 0 Å². The van der Waals surface area contributed by atoms with E-state index in [1.54, 1.807) is 0 Å². The van der Waals surface area contributed by atoms with Gasteiger partial charge in [-0.1, -0.05) is 37.6 Å². The molecule has 1 aromatic carbocycles. The lowest BCUT2D eigenvalue weighted by atomic mass is 9.79. The number of nitrogens with one attached hydrogen (secondary N) is 1. The number of rotatable bonds is 6. The summed E-state index contributed by atoms with van der Waals surface area (Å²) in [5.74, 6) is 0.786. The van der Waals surface area contributed by atoms with Crippen molar-refractivity contribution in [3.05, 3.63) is 65.5 Å². The lowest BCUT2D eigenvalue weighted by Gasteiger charge is -2.27. The molecule has 1 aromatic heterocycles. The first-order valence-electron chi connectivity index (χ1n) is 8.11. The zero-order valence-electron chi connectivity index (χ0n) is 12.8. The van der Waals surface area contributed by atoms with Crippen LogP contribution >= 0.6 is 0 Å². The lowest BCUT2D eigenvalue weighted by molar-refractivity contribution is 0.419. The van der Waals surface area contributed by atoms with E-state index in [0.29, 0.717) is 0 Å². The second-order valence-electron chi connectivity index (χ2n) is 5.97. The van der Waals surface area contributed by atoms with Crippen LogP contribution in [0.5, 0.6) is 0 Å². The molecular formula is C19H24N2. The Morgan fingerprint density at radius 1 is 1.14 bits per heavy atom. The van der Waals surface area contributed by atoms with Crippen molar-refractivity contribution in [1.29, 1.82) is 0 Å². The lowest BCUT2D eigenvalue weighted by Crippen LogP contribution is -2.23. The van der Waals surface area contributed by atoms with Gasteiger partial charge in [0, 0.05) is 12.4 Å². The average Bonchev–Trinajstić information content (AvgIpc) is 2.47. The summed E-state index contributed by atoms with van der Waals surface area (Å²) < 4.78 is 0. The van der Waals surface area contributed by atoms with Crippen molar-refractivity contribution in [2.45, 2.75) is 44.6 Å². The largest absolute Gasteiger partial charge is 0.306 e. The van der Waals surface area contributed by atoms with Gasteiger partial charge >= 0.3 is 0 Å². The molecule has 0 aliphatic heterocycles. The number of aromatic nitrogens is 1. The molecule has 1 aliphatic rings. The summed E-state index contributed by atoms with van der Waals surface area (Å²) in [7, 11) is 0. The summed E-state index contributed by atoms with van der Waals surface area (Å²) in [4.78, 5) is 4.14. The van der Waals surface area contributed by atoms with Gasteiger partial charge in [0.05, 0.1) is 6.04 Å². The summed E-state index contributed by atoms with van der Waals surface area (Å²) in [6.07, 6.45) is 9.00. The fourth-order valence-electron chi connectivity index (χ4n) is 3.01. The summed E-state index contributed by atoms with van der Waals surface area (Å²) in [5, 5.41) is 3.68. The van der Waals surface area contributed by atoms with Crippen LogP contribution in [0, 0.1) is 0 Å². The smallest absolute Gasteiger partial charge is 0.0577 e. The molecule has 1 heterocycles. The van der Waals surface area contributed by atoms with Crippen LogP contribution in [0.4, 0.5) is 0 Å². The third-order valence-corrected chi connectivity index (χ3v) is 4.46. The van der Waals surface area contributed by atoms with Gasteiger partial charge in [0.25, 0.3) is 0 Å². The van der Waals surface area contributed by atoms with E-state index in [4.69, 9.17) is 0 Å². The van der Waals surface area contributed by atoms with Crippen molar-refractivity contribution in [1.82, 2.24) is 10.3 Å². The number of nitrogens with zero attached hydrogens (tertiary/aromatic N) is 1. The van der Waals surface area contributed by atoms with Crippen molar-refractivity contribution in [2.75, 3.05) is 6.54 Å². The molecule has 1 unspecified atom stereocenters. The molecule has 2 heteroatoms. The van der Waals surface area contributed by atoms with Crippen LogP contribution in [0.25, 0.3) is 0 Å². The SMILES string of the molecule is CCCNC(c1ccncc1)c1cccc(C2CCC2)c1. The Morgan fingerprint density at radius 2 is 1.95 bits per heavy atom. The van der Waals surface area contributed by atoms with E-state index in [-0.39, 0.29) is 6.04 Å². The Hall–Kier alpha value is -1.67. The van der Waals surface area contributed by atoms with Gasteiger partial charge in [-0.05, 0) is 60.5 Å². The van der Waals surface area contributed by atoms with Crippen LogP contribution in [-0.2, 0) is 0 Å². The van der Waals surface area contributed by atoms with Crippen molar-refractivity contribution in [3.63, 3.8) is 0 Å². The highest BCUT2D eigenvalue weighted by molar-refractivity contribution is 5.35. The molecule has 0 amide bonds. The first-order chi connectivity index (χ1) is 10.4. The zero-order chi connectivity index (χ0) is 14.5. The predicted octanol–water partition coefficient (Wildman–Crippen LogP) is 4.44. The highest BCUT2D eigenvalue weighted by Gasteiger charge is 2.21. The van der Waals surface area contributed by atoms with E-state index < -0.39 is 0 Å². The van der Waals surface area contributed by atoms with Gasteiger partial charge in [0.1, 0.15) is 0 Å². The molecule has 0 radical (unpaired) electrons. The monoisotopic (exact) mass is 280 g/mol. The summed E-state index contributed by atoms with van der Waals surface area (Å²) >= 11 is 0. The minimum Gasteiger partial charge on any atom is -0.306 e. The van der Waals surface area contributed by atoms with Crippen LogP contribution in [-0.4, -0.2) is 11.5 Å². The first-order valence-corrected chi connectivity index (χ1v) is 8.11. The number of hydrogen-bond acceptors (Lipinski definition) is 2. The maximum atomic E-state index is 4.14. The average molecular weight is 280 g/mol. The van der Waals surface area contributed by atoms with Crippen molar-refractivity contribution in [2.24, 2.45) is 0 Å². The van der Waals surface area contributed by atoms with Gasteiger partial charge in [0.2, 0.25) is 0 Å². The Labute approximate surface area is 127 Å². The highest BCUT2D eigenvalue weighted by atomic mass is 14.9. The van der Waals surface area contributed by atoms with Crippen LogP contribution in [0.3, 0.4) is 0 Å². The zero-order valence-corrected chi connectivity index (χ0v) is 12.8. The standard InChI is InChI=1S/C19H24N2/c1-2-11-21-19(16-9-12-20-13-10-16)18-8-4-7-17(14-18)15-5-3-6-15/h4,7-10,12-15,19,21H,2-3,5-6,11H2,1H3. The van der Waals surface area contributed by atoms with Gasteiger partial charge < -0.3 is 5.32 Å². The minimum absolute atomic E-state index is 0.271. The molecule has 0 saturated heterocycles. The van der Waals surface area contributed by atoms with Crippen LogP contribution < -0.4 is 5.32 Å². The molecule has 1 atom stereocenters. The van der Waals surface area contributed by atoms with E-state index in [0.717, 1.165) is 18.9 Å². The van der Waals surface area contributed by atoms with E-state index in [2.05, 4.69) is 53.6 Å². The predicted molar refractivity (Wildman–Crippen MR) is 87.4 cm³/mol. The van der Waals surface area contributed by atoms with E-state index in [9.17, 15) is 0 Å². The quantitative estimate of drug-likeness (QED) is 0.846. The molecule has 1 aliphatic carbocycles. The third-order valence-electron chi connectivity index (χ3n) is 4.46. The summed E-state index contributed by atoms with van der Waals surface area (Å²) in [5.41, 5.74) is 4.18. The number of benzene rings is 1. The van der Waals surface area contributed by atoms with E-state index in [1.807, 2.05) is 12.4 Å². The van der Waals surface area contributed by atoms with Gasteiger partial charge in [-0.2, -0.15) is 0 Å². The van der Waals surface area contributed by atoms with Crippen LogP contribution in [0.15, 0.2) is 48.8 Å². The molecule has 2 aromatic rings. The fourth-order valence-corrected chi connectivity index (χ4v) is 3.01. The van der Waals surface area contributed by atoms with Gasteiger partial charge in [-0.15, -0.1) is 0 Å². The summed E-state index contributed by atoms with van der Waals surface area (Å²) in [6, 6.07) is 13.6. The Kier molecular flexibility index (Phi) is 4.66. The molecule has 1 fully saturated rings. The summed E-state index contributed by atoms with van der Waals surface area (Å²) in [6.45, 7) is 3.24. The van der Waals surface area contributed by atoms with E-state index >= 15 is 0 Å². The Morgan fingerprint density at radius 3 is 2.62 bits per heavy atom. The third kappa shape index (κ3) is 3.33. The molecule has 110 valence electrons. The Balaban J connectivity index is 1.88. The van der Waals surface area contributed by atoms with Crippen molar-refractivity contribution in [3.8, 4) is 0 Å². The fraction of sp³-hybridized carbons (Fsp3) is 0.421. The highest BCUT2D eigenvalue weighted by Crippen LogP contribution is 2.37. The molecule has 0 bridgehead atoms. The van der Waals surface area contributed by atoms with Gasteiger partial charge in [0.15, 0.2) is 0 Å². The van der Waals surface area contributed by atoms with Gasteiger partial charge in [-0.25, -0.2) is 0 Å². The molecule has 3 rings (SSSR count). The first kappa shape index (κ1) is 14.3. The maximum absolute atomic E-state index is 4.14. The number of pyridine rings is 1. The Bertz CT molecular complexity index is 561. The molecule has 0 spiro atoms. The topological polar surface area (TPSA) is 24.9 Å². The molecular weight excluding hydrogens is 256 g/mol. The van der Waals surface area contributed by atoms with Crippen molar-refractivity contribution >= 4 is 0 Å². The van der Waals surface area contributed by atoms with E-state index in [1.165, 1.54) is 36.0 Å². The molecule has 21 heavy (non-hydrogen) atoms. The van der Waals surface area contributed by atoms with Crippen LogP contribution in [0.1, 0.15) is 61.3 Å². The minimum atomic E-state index is 0.271. The molecule has 2 nitrogen and oxygen atoms in total. The molecule has 1 N–H and O–H groups in total. The maximum Gasteiger partial charge on any atom is 0.0577 e. The second-order valence-corrected chi connectivity index (χ2v) is 5.97. The van der Waals surface area contributed by atoms with Gasteiger partial charge in [-0.3, -0.25) is 4.98 Å².